The SMILES string of the molecule is COc1ccc(CC(CO)Cc2cscn2)cc1. The summed E-state index contributed by atoms with van der Waals surface area (Å²) < 4.78 is 5.13. The predicted molar refractivity (Wildman–Crippen MR) is 73.1 cm³/mol. The van der Waals surface area contributed by atoms with Crippen molar-refractivity contribution in [1.29, 1.82) is 0 Å². The molecule has 0 spiro atoms. The average Bonchev–Trinajstić information content (AvgIpc) is 2.91. The summed E-state index contributed by atoms with van der Waals surface area (Å²) in [4.78, 5) is 4.26. The third-order valence-corrected chi connectivity index (χ3v) is 3.56. The molecule has 0 aliphatic carbocycles. The minimum Gasteiger partial charge on any atom is -0.497 e. The molecule has 1 unspecified atom stereocenters. The van der Waals surface area contributed by atoms with E-state index in [-0.39, 0.29) is 12.5 Å². The normalized spacial score (nSPS) is 12.3. The van der Waals surface area contributed by atoms with Crippen molar-refractivity contribution in [3.63, 3.8) is 0 Å². The number of aliphatic hydroxyl groups is 1. The molecule has 3 nitrogen and oxygen atoms in total. The molecule has 18 heavy (non-hydrogen) atoms. The van der Waals surface area contributed by atoms with Gasteiger partial charge in [-0.3, -0.25) is 0 Å². The number of benzene rings is 1. The second-order valence-electron chi connectivity index (χ2n) is 4.28. The molecule has 4 heteroatoms. The smallest absolute Gasteiger partial charge is 0.118 e. The van der Waals surface area contributed by atoms with Crippen molar-refractivity contribution < 1.29 is 9.84 Å². The summed E-state index contributed by atoms with van der Waals surface area (Å²) in [5.41, 5.74) is 4.11. The molecule has 1 heterocycles. The predicted octanol–water partition coefficient (Wildman–Crippen LogP) is 2.55. The van der Waals surface area contributed by atoms with Gasteiger partial charge in [-0.05, 0) is 36.5 Å². The molecule has 1 aromatic carbocycles. The van der Waals surface area contributed by atoms with Crippen molar-refractivity contribution in [3.05, 3.63) is 46.4 Å². The summed E-state index contributed by atoms with van der Waals surface area (Å²) in [5.74, 6) is 1.08. The van der Waals surface area contributed by atoms with E-state index in [4.69, 9.17) is 4.74 Å². The number of hydrogen-bond donors (Lipinski definition) is 1. The Kier molecular flexibility index (Phi) is 4.73. The van der Waals surface area contributed by atoms with Gasteiger partial charge in [0.2, 0.25) is 0 Å². The maximum Gasteiger partial charge on any atom is 0.118 e. The van der Waals surface area contributed by atoms with E-state index < -0.39 is 0 Å². The van der Waals surface area contributed by atoms with Crippen LogP contribution in [0.1, 0.15) is 11.3 Å². The first kappa shape index (κ1) is 13.1. The first-order chi connectivity index (χ1) is 8.81. The lowest BCUT2D eigenvalue weighted by atomic mass is 9.96. The lowest BCUT2D eigenvalue weighted by Crippen LogP contribution is -2.13. The highest BCUT2D eigenvalue weighted by Gasteiger charge is 2.11. The van der Waals surface area contributed by atoms with E-state index in [9.17, 15) is 5.11 Å². The van der Waals surface area contributed by atoms with Crippen molar-refractivity contribution >= 4 is 11.3 Å². The second-order valence-corrected chi connectivity index (χ2v) is 5.00. The van der Waals surface area contributed by atoms with Gasteiger partial charge < -0.3 is 9.84 Å². The maximum atomic E-state index is 9.44. The van der Waals surface area contributed by atoms with Crippen LogP contribution in [0.5, 0.6) is 5.75 Å². The van der Waals surface area contributed by atoms with Gasteiger partial charge in [0.05, 0.1) is 18.3 Å². The number of rotatable bonds is 6. The van der Waals surface area contributed by atoms with Gasteiger partial charge in [-0.15, -0.1) is 11.3 Å². The fourth-order valence-electron chi connectivity index (χ4n) is 1.93. The summed E-state index contributed by atoms with van der Waals surface area (Å²) in [6.45, 7) is 0.184. The number of aromatic nitrogens is 1. The lowest BCUT2D eigenvalue weighted by molar-refractivity contribution is 0.224. The van der Waals surface area contributed by atoms with E-state index in [1.54, 1.807) is 18.4 Å². The van der Waals surface area contributed by atoms with Gasteiger partial charge in [0, 0.05) is 12.0 Å². The molecule has 0 bridgehead atoms. The van der Waals surface area contributed by atoms with E-state index in [0.717, 1.165) is 24.3 Å². The molecular weight excluding hydrogens is 246 g/mol. The van der Waals surface area contributed by atoms with Crippen LogP contribution >= 0.6 is 11.3 Å². The van der Waals surface area contributed by atoms with Crippen LogP contribution in [0.25, 0.3) is 0 Å². The van der Waals surface area contributed by atoms with E-state index in [1.807, 2.05) is 35.2 Å². The van der Waals surface area contributed by atoms with Crippen LogP contribution in [0.15, 0.2) is 35.2 Å². The van der Waals surface area contributed by atoms with E-state index in [1.165, 1.54) is 5.56 Å². The molecule has 0 saturated carbocycles. The number of nitrogens with zero attached hydrogens (tertiary/aromatic N) is 1. The molecule has 2 aromatic rings. The summed E-state index contributed by atoms with van der Waals surface area (Å²) in [5, 5.41) is 11.5. The minimum atomic E-state index is 0.184. The molecular formula is C14H17NO2S. The molecule has 0 fully saturated rings. The van der Waals surface area contributed by atoms with Gasteiger partial charge >= 0.3 is 0 Å². The van der Waals surface area contributed by atoms with E-state index in [2.05, 4.69) is 4.98 Å². The van der Waals surface area contributed by atoms with Crippen LogP contribution in [0.3, 0.4) is 0 Å². The number of ether oxygens (including phenoxy) is 1. The Morgan fingerprint density at radius 3 is 2.61 bits per heavy atom. The Balaban J connectivity index is 1.96. The van der Waals surface area contributed by atoms with Crippen molar-refractivity contribution in [3.8, 4) is 5.75 Å². The molecule has 2 rings (SSSR count). The molecule has 0 radical (unpaired) electrons. The molecule has 1 atom stereocenters. The molecule has 0 amide bonds. The van der Waals surface area contributed by atoms with E-state index >= 15 is 0 Å². The monoisotopic (exact) mass is 263 g/mol. The number of thiazole rings is 1. The summed E-state index contributed by atoms with van der Waals surface area (Å²) in [7, 11) is 1.66. The third kappa shape index (κ3) is 3.55. The van der Waals surface area contributed by atoms with Crippen LogP contribution in [0.2, 0.25) is 0 Å². The summed E-state index contributed by atoms with van der Waals surface area (Å²) in [6, 6.07) is 7.99. The highest BCUT2D eigenvalue weighted by Crippen LogP contribution is 2.17. The van der Waals surface area contributed by atoms with Crippen LogP contribution in [-0.4, -0.2) is 23.8 Å². The maximum absolute atomic E-state index is 9.44. The Labute approximate surface area is 111 Å². The molecule has 0 aliphatic rings. The third-order valence-electron chi connectivity index (χ3n) is 2.92. The Morgan fingerprint density at radius 1 is 1.28 bits per heavy atom. The number of hydrogen-bond acceptors (Lipinski definition) is 4. The quantitative estimate of drug-likeness (QED) is 0.871. The fourth-order valence-corrected chi connectivity index (χ4v) is 2.50. The second kappa shape index (κ2) is 6.52. The standard InChI is InChI=1S/C14H17NO2S/c1-17-14-4-2-11(3-5-14)6-12(8-16)7-13-9-18-10-15-13/h2-5,9-10,12,16H,6-8H2,1H3. The fraction of sp³-hybridized carbons (Fsp3) is 0.357. The number of aliphatic hydroxyl groups excluding tert-OH is 1. The van der Waals surface area contributed by atoms with Crippen LogP contribution < -0.4 is 4.74 Å². The van der Waals surface area contributed by atoms with Crippen LogP contribution in [-0.2, 0) is 12.8 Å². The van der Waals surface area contributed by atoms with E-state index in [0.29, 0.717) is 0 Å². The van der Waals surface area contributed by atoms with Crippen molar-refractivity contribution in [2.24, 2.45) is 5.92 Å². The lowest BCUT2D eigenvalue weighted by Gasteiger charge is -2.13. The first-order valence-corrected chi connectivity index (χ1v) is 6.87. The van der Waals surface area contributed by atoms with Gasteiger partial charge in [0.25, 0.3) is 0 Å². The average molecular weight is 263 g/mol. The van der Waals surface area contributed by atoms with Crippen LogP contribution in [0.4, 0.5) is 0 Å². The highest BCUT2D eigenvalue weighted by atomic mass is 32.1. The Bertz CT molecular complexity index is 453. The first-order valence-electron chi connectivity index (χ1n) is 5.92. The van der Waals surface area contributed by atoms with Gasteiger partial charge in [0.15, 0.2) is 0 Å². The largest absolute Gasteiger partial charge is 0.497 e. The van der Waals surface area contributed by atoms with Crippen molar-refractivity contribution in [2.75, 3.05) is 13.7 Å². The molecule has 96 valence electrons. The summed E-state index contributed by atoms with van der Waals surface area (Å²) in [6.07, 6.45) is 1.68. The van der Waals surface area contributed by atoms with Gasteiger partial charge in [-0.25, -0.2) is 4.98 Å². The Morgan fingerprint density at radius 2 is 2.06 bits per heavy atom. The van der Waals surface area contributed by atoms with Crippen LogP contribution in [0, 0.1) is 5.92 Å². The topological polar surface area (TPSA) is 42.4 Å². The highest BCUT2D eigenvalue weighted by molar-refractivity contribution is 7.07. The zero-order valence-electron chi connectivity index (χ0n) is 10.4. The molecule has 1 N–H and O–H groups in total. The molecule has 1 aromatic heterocycles. The number of methoxy groups -OCH3 is 1. The van der Waals surface area contributed by atoms with Gasteiger partial charge in [0.1, 0.15) is 5.75 Å². The van der Waals surface area contributed by atoms with Gasteiger partial charge in [-0.2, -0.15) is 0 Å². The molecule has 0 aliphatic heterocycles. The van der Waals surface area contributed by atoms with Crippen molar-refractivity contribution in [1.82, 2.24) is 4.98 Å². The van der Waals surface area contributed by atoms with Gasteiger partial charge in [-0.1, -0.05) is 12.1 Å². The Hall–Kier alpha value is -1.39. The zero-order valence-corrected chi connectivity index (χ0v) is 11.2. The zero-order chi connectivity index (χ0) is 12.8. The summed E-state index contributed by atoms with van der Waals surface area (Å²) >= 11 is 1.59. The molecule has 0 saturated heterocycles. The van der Waals surface area contributed by atoms with Crippen molar-refractivity contribution in [2.45, 2.75) is 12.8 Å². The minimum absolute atomic E-state index is 0.184.